The van der Waals surface area contributed by atoms with Crippen molar-refractivity contribution in [1.29, 1.82) is 0 Å². The van der Waals surface area contributed by atoms with Crippen LogP contribution in [0.3, 0.4) is 0 Å². The number of carbonyl (C=O) groups excluding carboxylic acids is 3. The molecule has 9 nitrogen and oxygen atoms in total. The van der Waals surface area contributed by atoms with Gasteiger partial charge in [-0.05, 0) is 34.9 Å². The second-order valence-corrected chi connectivity index (χ2v) is 9.22. The van der Waals surface area contributed by atoms with Crippen LogP contribution in [0.2, 0.25) is 0 Å². The zero-order chi connectivity index (χ0) is 25.4. The lowest BCUT2D eigenvalue weighted by atomic mass is 9.99. The van der Waals surface area contributed by atoms with Crippen LogP contribution in [0.15, 0.2) is 78.2 Å². The van der Waals surface area contributed by atoms with Crippen molar-refractivity contribution in [3.63, 3.8) is 0 Å². The van der Waals surface area contributed by atoms with Gasteiger partial charge in [-0.25, -0.2) is 13.6 Å². The Hall–Kier alpha value is -4.02. The van der Waals surface area contributed by atoms with E-state index in [9.17, 15) is 22.8 Å². The third-order valence-electron chi connectivity index (χ3n) is 5.21. The first-order valence-electron chi connectivity index (χ1n) is 10.8. The molecule has 3 aromatic rings. The second-order valence-electron chi connectivity index (χ2n) is 7.77. The summed E-state index contributed by atoms with van der Waals surface area (Å²) < 4.78 is 21.7. The van der Waals surface area contributed by atoms with Crippen molar-refractivity contribution in [1.82, 2.24) is 16.0 Å². The standard InChI is InChI=1S/C25H26N4O5S/c1-17(20-13-6-10-18-8-2-4-11-21(18)20)29-23(30)22-12-5-3-9-19(22)16-28-25(32)24(31)27-14-7-15-35(26,33)34/h2-13,15,17H,14,16H2,1H3,(H,27,31)(H,28,32)(H,29,30)(H2,26,33,34)/b15-7+/t17-/m1/s1. The summed E-state index contributed by atoms with van der Waals surface area (Å²) in [5.74, 6) is -2.18. The number of nitrogens with one attached hydrogen (secondary N) is 3. The molecule has 0 saturated heterocycles. The Morgan fingerprint density at radius 3 is 2.34 bits per heavy atom. The first-order valence-corrected chi connectivity index (χ1v) is 12.4. The normalized spacial score (nSPS) is 12.3. The molecule has 35 heavy (non-hydrogen) atoms. The highest BCUT2D eigenvalue weighted by Crippen LogP contribution is 2.24. The summed E-state index contributed by atoms with van der Waals surface area (Å²) in [6.07, 6.45) is 1.11. The van der Waals surface area contributed by atoms with Gasteiger partial charge in [0.2, 0.25) is 10.0 Å². The minimum atomic E-state index is -3.81. The molecule has 0 aliphatic heterocycles. The minimum absolute atomic E-state index is 0.0501. The molecular weight excluding hydrogens is 468 g/mol. The molecule has 1 atom stereocenters. The lowest BCUT2D eigenvalue weighted by Gasteiger charge is -2.18. The van der Waals surface area contributed by atoms with E-state index in [1.165, 1.54) is 0 Å². The zero-order valence-electron chi connectivity index (χ0n) is 19.0. The first kappa shape index (κ1) is 25.6. The molecule has 0 aliphatic rings. The van der Waals surface area contributed by atoms with Gasteiger partial charge in [-0.2, -0.15) is 0 Å². The van der Waals surface area contributed by atoms with Gasteiger partial charge >= 0.3 is 11.8 Å². The van der Waals surface area contributed by atoms with Crippen LogP contribution in [0.1, 0.15) is 34.5 Å². The highest BCUT2D eigenvalue weighted by molar-refractivity contribution is 7.92. The van der Waals surface area contributed by atoms with Gasteiger partial charge in [-0.1, -0.05) is 66.7 Å². The van der Waals surface area contributed by atoms with Crippen molar-refractivity contribution in [3.8, 4) is 0 Å². The van der Waals surface area contributed by atoms with Crippen molar-refractivity contribution < 1.29 is 22.8 Å². The second kappa shape index (κ2) is 11.4. The minimum Gasteiger partial charge on any atom is -0.345 e. The Morgan fingerprint density at radius 2 is 1.57 bits per heavy atom. The van der Waals surface area contributed by atoms with E-state index in [2.05, 4.69) is 16.0 Å². The van der Waals surface area contributed by atoms with E-state index < -0.39 is 21.8 Å². The van der Waals surface area contributed by atoms with E-state index in [1.54, 1.807) is 24.3 Å². The van der Waals surface area contributed by atoms with Gasteiger partial charge in [0.1, 0.15) is 0 Å². The predicted molar refractivity (Wildman–Crippen MR) is 133 cm³/mol. The molecule has 0 aliphatic carbocycles. The maximum absolute atomic E-state index is 13.0. The summed E-state index contributed by atoms with van der Waals surface area (Å²) in [5, 5.41) is 15.4. The maximum atomic E-state index is 13.0. The number of carbonyl (C=O) groups is 3. The quantitative estimate of drug-likeness (QED) is 0.353. The van der Waals surface area contributed by atoms with Crippen LogP contribution in [-0.4, -0.2) is 32.7 Å². The van der Waals surface area contributed by atoms with Gasteiger partial charge in [0.15, 0.2) is 0 Å². The summed E-state index contributed by atoms with van der Waals surface area (Å²) in [4.78, 5) is 37.0. The Kier molecular flexibility index (Phi) is 8.34. The van der Waals surface area contributed by atoms with Crippen LogP contribution in [0.25, 0.3) is 10.8 Å². The van der Waals surface area contributed by atoms with Gasteiger partial charge < -0.3 is 16.0 Å². The molecule has 0 saturated carbocycles. The number of fused-ring (bicyclic) bond motifs is 1. The fourth-order valence-electron chi connectivity index (χ4n) is 3.55. The summed E-state index contributed by atoms with van der Waals surface area (Å²) in [7, 11) is -3.81. The van der Waals surface area contributed by atoms with E-state index in [0.717, 1.165) is 27.8 Å². The molecule has 0 radical (unpaired) electrons. The van der Waals surface area contributed by atoms with Crippen LogP contribution in [0, 0.1) is 0 Å². The Balaban J connectivity index is 1.63. The Morgan fingerprint density at radius 1 is 0.914 bits per heavy atom. The fourth-order valence-corrected chi connectivity index (χ4v) is 3.91. The SMILES string of the molecule is C[C@@H](NC(=O)c1ccccc1CNC(=O)C(=O)NC/C=C/S(N)(=O)=O)c1cccc2ccccc12. The molecule has 182 valence electrons. The largest absolute Gasteiger partial charge is 0.345 e. The predicted octanol–water partition coefficient (Wildman–Crippen LogP) is 1.87. The van der Waals surface area contributed by atoms with Gasteiger partial charge in [0.05, 0.1) is 6.04 Å². The van der Waals surface area contributed by atoms with Crippen molar-refractivity contribution >= 4 is 38.5 Å². The highest BCUT2D eigenvalue weighted by Gasteiger charge is 2.18. The topological polar surface area (TPSA) is 147 Å². The molecule has 0 aromatic heterocycles. The summed E-state index contributed by atoms with van der Waals surface area (Å²) in [5.41, 5.74) is 1.89. The number of sulfonamides is 1. The molecule has 0 fully saturated rings. The zero-order valence-corrected chi connectivity index (χ0v) is 19.8. The Bertz CT molecular complexity index is 1380. The van der Waals surface area contributed by atoms with Crippen molar-refractivity contribution in [3.05, 3.63) is 94.9 Å². The van der Waals surface area contributed by atoms with Gasteiger partial charge in [0, 0.05) is 24.1 Å². The van der Waals surface area contributed by atoms with Crippen LogP contribution >= 0.6 is 0 Å². The van der Waals surface area contributed by atoms with Crippen LogP contribution in [0.5, 0.6) is 0 Å². The molecule has 3 aromatic carbocycles. The number of hydrogen-bond donors (Lipinski definition) is 4. The monoisotopic (exact) mass is 494 g/mol. The number of nitrogens with two attached hydrogens (primary N) is 1. The van der Waals surface area contributed by atoms with Gasteiger partial charge in [0.25, 0.3) is 5.91 Å². The first-order chi connectivity index (χ1) is 16.7. The number of amides is 3. The number of rotatable bonds is 8. The van der Waals surface area contributed by atoms with Gasteiger partial charge in [-0.15, -0.1) is 0 Å². The molecule has 0 unspecified atom stereocenters. The lowest BCUT2D eigenvalue weighted by Crippen LogP contribution is -2.40. The summed E-state index contributed by atoms with van der Waals surface area (Å²) in [6.45, 7) is 1.66. The van der Waals surface area contributed by atoms with E-state index in [0.29, 0.717) is 11.1 Å². The van der Waals surface area contributed by atoms with Crippen molar-refractivity contribution in [2.75, 3.05) is 6.54 Å². The van der Waals surface area contributed by atoms with Crippen LogP contribution in [0.4, 0.5) is 0 Å². The molecule has 0 heterocycles. The molecule has 0 bridgehead atoms. The molecule has 3 rings (SSSR count). The van der Waals surface area contributed by atoms with E-state index in [1.807, 2.05) is 49.4 Å². The third kappa shape index (κ3) is 7.23. The Labute approximate surface area is 203 Å². The van der Waals surface area contributed by atoms with Gasteiger partial charge in [-0.3, -0.25) is 14.4 Å². The lowest BCUT2D eigenvalue weighted by molar-refractivity contribution is -0.139. The molecule has 0 spiro atoms. The van der Waals surface area contributed by atoms with Crippen molar-refractivity contribution in [2.45, 2.75) is 19.5 Å². The third-order valence-corrected chi connectivity index (χ3v) is 5.78. The van der Waals surface area contributed by atoms with E-state index in [4.69, 9.17) is 5.14 Å². The smallest absolute Gasteiger partial charge is 0.309 e. The van der Waals surface area contributed by atoms with Crippen LogP contribution < -0.4 is 21.1 Å². The number of primary sulfonamides is 1. The van der Waals surface area contributed by atoms with Crippen LogP contribution in [-0.2, 0) is 26.2 Å². The number of benzene rings is 3. The fraction of sp³-hybridized carbons (Fsp3) is 0.160. The van der Waals surface area contributed by atoms with E-state index in [-0.39, 0.29) is 25.0 Å². The number of hydrogen-bond acceptors (Lipinski definition) is 5. The molecule has 5 N–H and O–H groups in total. The molecule has 3 amide bonds. The van der Waals surface area contributed by atoms with E-state index >= 15 is 0 Å². The molecular formula is C25H26N4O5S. The van der Waals surface area contributed by atoms with Crippen molar-refractivity contribution in [2.24, 2.45) is 5.14 Å². The average molecular weight is 495 g/mol. The maximum Gasteiger partial charge on any atom is 0.309 e. The molecule has 10 heteroatoms. The highest BCUT2D eigenvalue weighted by atomic mass is 32.2. The summed E-state index contributed by atoms with van der Waals surface area (Å²) in [6, 6.07) is 20.4. The average Bonchev–Trinajstić information content (AvgIpc) is 2.84. The summed E-state index contributed by atoms with van der Waals surface area (Å²) >= 11 is 0.